The van der Waals surface area contributed by atoms with E-state index in [4.69, 9.17) is 14.2 Å². The van der Waals surface area contributed by atoms with Crippen LogP contribution >= 0.6 is 0 Å². The molecule has 0 bridgehead atoms. The van der Waals surface area contributed by atoms with Crippen LogP contribution in [0.3, 0.4) is 0 Å². The van der Waals surface area contributed by atoms with E-state index in [1.165, 1.54) is 109 Å². The first-order valence-corrected chi connectivity index (χ1v) is 29.9. The van der Waals surface area contributed by atoms with Gasteiger partial charge < -0.3 is 14.2 Å². The van der Waals surface area contributed by atoms with Gasteiger partial charge in [0.05, 0.1) is 0 Å². The number of ether oxygens (including phenoxy) is 3. The van der Waals surface area contributed by atoms with Crippen molar-refractivity contribution in [2.24, 2.45) is 0 Å². The lowest BCUT2D eigenvalue weighted by atomic mass is 10.0. The van der Waals surface area contributed by atoms with Crippen molar-refractivity contribution in [3.63, 3.8) is 0 Å². The third-order valence-corrected chi connectivity index (χ3v) is 12.5. The maximum Gasteiger partial charge on any atom is 0.306 e. The van der Waals surface area contributed by atoms with Crippen molar-refractivity contribution in [1.29, 1.82) is 0 Å². The Labute approximate surface area is 444 Å². The van der Waals surface area contributed by atoms with E-state index in [2.05, 4.69) is 130 Å². The highest BCUT2D eigenvalue weighted by Crippen LogP contribution is 2.15. The molecule has 0 aromatic heterocycles. The molecule has 1 atom stereocenters. The van der Waals surface area contributed by atoms with Gasteiger partial charge in [0.1, 0.15) is 13.2 Å². The predicted molar refractivity (Wildman–Crippen MR) is 311 cm³/mol. The van der Waals surface area contributed by atoms with Crippen molar-refractivity contribution in [1.82, 2.24) is 0 Å². The summed E-state index contributed by atoms with van der Waals surface area (Å²) in [4.78, 5) is 38.0. The van der Waals surface area contributed by atoms with Crippen LogP contribution < -0.4 is 0 Å². The molecule has 0 spiro atoms. The van der Waals surface area contributed by atoms with Gasteiger partial charge in [0.25, 0.3) is 0 Å². The Balaban J connectivity index is 4.28. The summed E-state index contributed by atoms with van der Waals surface area (Å²) in [5, 5.41) is 0. The fourth-order valence-electron chi connectivity index (χ4n) is 8.08. The van der Waals surface area contributed by atoms with Gasteiger partial charge in [-0.2, -0.15) is 0 Å². The maximum absolute atomic E-state index is 12.8. The summed E-state index contributed by atoms with van der Waals surface area (Å²) in [5.41, 5.74) is 0. The van der Waals surface area contributed by atoms with Crippen molar-refractivity contribution in [2.45, 2.75) is 277 Å². The predicted octanol–water partition coefficient (Wildman–Crippen LogP) is 20.3. The molecular formula is C66H110O6. The summed E-state index contributed by atoms with van der Waals surface area (Å²) in [6.45, 7) is 6.48. The molecule has 0 rings (SSSR count). The number of rotatable bonds is 53. The molecule has 0 saturated carbocycles. The first-order chi connectivity index (χ1) is 35.5. The van der Waals surface area contributed by atoms with E-state index in [1.54, 1.807) is 0 Å². The molecule has 0 aromatic carbocycles. The minimum Gasteiger partial charge on any atom is -0.462 e. The number of esters is 3. The zero-order valence-electron chi connectivity index (χ0n) is 46.9. The molecule has 0 heterocycles. The topological polar surface area (TPSA) is 78.9 Å². The molecule has 72 heavy (non-hydrogen) atoms. The Morgan fingerprint density at radius 1 is 0.292 bits per heavy atom. The summed E-state index contributed by atoms with van der Waals surface area (Å²) in [6.07, 6.45) is 81.0. The van der Waals surface area contributed by atoms with E-state index in [0.29, 0.717) is 19.3 Å². The first-order valence-electron chi connectivity index (χ1n) is 29.9. The smallest absolute Gasteiger partial charge is 0.306 e. The van der Waals surface area contributed by atoms with E-state index in [-0.39, 0.29) is 31.1 Å². The summed E-state index contributed by atoms with van der Waals surface area (Å²) < 4.78 is 16.8. The summed E-state index contributed by atoms with van der Waals surface area (Å²) in [6, 6.07) is 0. The average Bonchev–Trinajstić information content (AvgIpc) is 3.38. The third-order valence-electron chi connectivity index (χ3n) is 12.5. The second-order valence-electron chi connectivity index (χ2n) is 19.5. The minimum absolute atomic E-state index is 0.0860. The molecule has 0 fully saturated rings. The summed E-state index contributed by atoms with van der Waals surface area (Å²) in [5.74, 6) is -0.919. The molecule has 0 saturated heterocycles. The Bertz CT molecular complexity index is 1470. The number of allylic oxidation sites excluding steroid dienone is 18. The average molecular weight is 1000 g/mol. The Morgan fingerprint density at radius 2 is 0.542 bits per heavy atom. The lowest BCUT2D eigenvalue weighted by molar-refractivity contribution is -0.167. The van der Waals surface area contributed by atoms with Gasteiger partial charge in [-0.1, -0.05) is 271 Å². The highest BCUT2D eigenvalue weighted by molar-refractivity contribution is 5.71. The van der Waals surface area contributed by atoms with Crippen LogP contribution in [0.15, 0.2) is 109 Å². The van der Waals surface area contributed by atoms with Gasteiger partial charge in [-0.25, -0.2) is 0 Å². The second kappa shape index (κ2) is 59.6. The molecule has 0 aliphatic rings. The van der Waals surface area contributed by atoms with Crippen LogP contribution in [-0.2, 0) is 28.6 Å². The van der Waals surface area contributed by atoms with Crippen LogP contribution in [-0.4, -0.2) is 37.2 Å². The lowest BCUT2D eigenvalue weighted by Crippen LogP contribution is -2.30. The first kappa shape index (κ1) is 68.1. The van der Waals surface area contributed by atoms with Crippen LogP contribution in [0.1, 0.15) is 271 Å². The van der Waals surface area contributed by atoms with Gasteiger partial charge in [-0.15, -0.1) is 0 Å². The molecule has 0 aliphatic heterocycles. The van der Waals surface area contributed by atoms with Gasteiger partial charge in [0.15, 0.2) is 6.10 Å². The molecule has 1 unspecified atom stereocenters. The van der Waals surface area contributed by atoms with Gasteiger partial charge in [-0.05, 0) is 89.9 Å². The van der Waals surface area contributed by atoms with Crippen LogP contribution in [0.5, 0.6) is 0 Å². The quantitative estimate of drug-likeness (QED) is 0.0261. The number of hydrogen-bond acceptors (Lipinski definition) is 6. The van der Waals surface area contributed by atoms with Gasteiger partial charge in [0.2, 0.25) is 0 Å². The fraction of sp³-hybridized carbons (Fsp3) is 0.682. The van der Waals surface area contributed by atoms with Crippen molar-refractivity contribution >= 4 is 17.9 Å². The summed E-state index contributed by atoms with van der Waals surface area (Å²) >= 11 is 0. The van der Waals surface area contributed by atoms with E-state index in [9.17, 15) is 14.4 Å². The molecular weight excluding hydrogens is 889 g/mol. The van der Waals surface area contributed by atoms with Crippen molar-refractivity contribution in [3.05, 3.63) is 109 Å². The molecule has 6 heteroatoms. The number of unbranched alkanes of at least 4 members (excludes halogenated alkanes) is 24. The SMILES string of the molecule is CC/C=C\C/C=C\C/C=C\C/C=C\C/C=C\C/C=C\C/C=C\C/C=C\C/C=C\CCCCCC(=O)OCC(COC(=O)CCCCCCCCCCC)OC(=O)CCCCCCCCCCCCCCCC. The number of hydrogen-bond donors (Lipinski definition) is 0. The van der Waals surface area contributed by atoms with E-state index in [1.807, 2.05) is 0 Å². The standard InChI is InChI=1S/C66H110O6/c1-4-7-10-13-16-19-21-23-25-26-27-28-29-30-31-32-33-34-35-36-37-38-39-40-41-43-44-47-50-53-56-59-65(68)71-62-63(61-70-64(67)58-55-52-49-46-18-15-12-9-6-3)72-66(69)60-57-54-51-48-45-42-24-22-20-17-14-11-8-5-2/h7,10,16,19,23,25,27-28,30-31,33-34,36-37,39-40,43-44,63H,4-6,8-9,11-15,17-18,20-22,24,26,29,32,35,38,41-42,45-62H2,1-3H3/b10-7-,19-16-,25-23-,28-27-,31-30-,34-33-,37-36-,40-39-,44-43-. The van der Waals surface area contributed by atoms with Crippen LogP contribution in [0.4, 0.5) is 0 Å². The van der Waals surface area contributed by atoms with Crippen molar-refractivity contribution in [2.75, 3.05) is 13.2 Å². The highest BCUT2D eigenvalue weighted by atomic mass is 16.6. The van der Waals surface area contributed by atoms with E-state index >= 15 is 0 Å². The van der Waals surface area contributed by atoms with Crippen molar-refractivity contribution in [3.8, 4) is 0 Å². The fourth-order valence-corrected chi connectivity index (χ4v) is 8.08. The Morgan fingerprint density at radius 3 is 0.847 bits per heavy atom. The molecule has 0 N–H and O–H groups in total. The Kier molecular flexibility index (Phi) is 56.4. The van der Waals surface area contributed by atoms with E-state index < -0.39 is 6.10 Å². The van der Waals surface area contributed by atoms with E-state index in [0.717, 1.165) is 122 Å². The van der Waals surface area contributed by atoms with Crippen LogP contribution in [0.25, 0.3) is 0 Å². The summed E-state index contributed by atoms with van der Waals surface area (Å²) in [7, 11) is 0. The molecule has 0 aromatic rings. The maximum atomic E-state index is 12.8. The zero-order chi connectivity index (χ0) is 52.2. The lowest BCUT2D eigenvalue weighted by Gasteiger charge is -2.18. The van der Waals surface area contributed by atoms with Gasteiger partial charge >= 0.3 is 17.9 Å². The minimum atomic E-state index is -0.788. The largest absolute Gasteiger partial charge is 0.462 e. The van der Waals surface area contributed by atoms with Crippen molar-refractivity contribution < 1.29 is 28.6 Å². The molecule has 0 amide bonds. The molecule has 0 aliphatic carbocycles. The molecule has 6 nitrogen and oxygen atoms in total. The van der Waals surface area contributed by atoms with Gasteiger partial charge in [0, 0.05) is 19.3 Å². The third kappa shape index (κ3) is 57.0. The van der Waals surface area contributed by atoms with Crippen LogP contribution in [0.2, 0.25) is 0 Å². The zero-order valence-corrected chi connectivity index (χ0v) is 46.9. The molecule has 410 valence electrons. The molecule has 0 radical (unpaired) electrons. The Hall–Kier alpha value is -3.93. The monoisotopic (exact) mass is 999 g/mol. The number of carbonyl (C=O) groups is 3. The number of carbonyl (C=O) groups excluding carboxylic acids is 3. The van der Waals surface area contributed by atoms with Crippen LogP contribution in [0, 0.1) is 0 Å². The second-order valence-corrected chi connectivity index (χ2v) is 19.5. The normalized spacial score (nSPS) is 12.9. The highest BCUT2D eigenvalue weighted by Gasteiger charge is 2.19. The van der Waals surface area contributed by atoms with Gasteiger partial charge in [-0.3, -0.25) is 14.4 Å².